The van der Waals surface area contributed by atoms with E-state index in [0.29, 0.717) is 0 Å². The van der Waals surface area contributed by atoms with Crippen molar-refractivity contribution in [2.75, 3.05) is 5.32 Å². The van der Waals surface area contributed by atoms with Gasteiger partial charge in [-0.1, -0.05) is 19.3 Å². The van der Waals surface area contributed by atoms with Crippen molar-refractivity contribution in [2.45, 2.75) is 44.3 Å². The van der Waals surface area contributed by atoms with E-state index in [9.17, 15) is 27.6 Å². The minimum Gasteiger partial charge on any atom is -0.318 e. The number of halogens is 3. The molecule has 0 aliphatic heterocycles. The normalized spacial score (nSPS) is 15.7. The number of rotatable bonds is 2. The van der Waals surface area contributed by atoms with Gasteiger partial charge in [-0.2, -0.15) is 13.2 Å². The predicted molar refractivity (Wildman–Crippen MR) is 98.7 cm³/mol. The SMILES string of the molecule is O=C(Nc1ccc2nc3c(=O)n(C4CCCCC4)c(=O)[nH]c3nc2c1)C(F)(F)F. The number of H-pyrrole nitrogens is 1. The molecule has 1 amide bonds. The van der Waals surface area contributed by atoms with Gasteiger partial charge >= 0.3 is 17.8 Å². The summed E-state index contributed by atoms with van der Waals surface area (Å²) >= 11 is 0. The van der Waals surface area contributed by atoms with Crippen molar-refractivity contribution in [1.29, 1.82) is 0 Å². The lowest BCUT2D eigenvalue weighted by molar-refractivity contribution is -0.167. The Morgan fingerprint density at radius 1 is 1.10 bits per heavy atom. The highest BCUT2D eigenvalue weighted by Crippen LogP contribution is 2.26. The van der Waals surface area contributed by atoms with E-state index in [-0.39, 0.29) is 33.9 Å². The number of alkyl halides is 3. The van der Waals surface area contributed by atoms with Crippen molar-refractivity contribution in [1.82, 2.24) is 19.5 Å². The van der Waals surface area contributed by atoms with Gasteiger partial charge in [0.05, 0.1) is 11.0 Å². The molecule has 0 spiro atoms. The monoisotopic (exact) mass is 407 g/mol. The van der Waals surface area contributed by atoms with E-state index < -0.39 is 23.3 Å². The van der Waals surface area contributed by atoms with Gasteiger partial charge in [-0.05, 0) is 31.0 Å². The van der Waals surface area contributed by atoms with E-state index in [1.54, 1.807) is 5.32 Å². The molecule has 8 nitrogen and oxygen atoms in total. The number of benzene rings is 1. The minimum atomic E-state index is -5.03. The molecule has 0 atom stereocenters. The predicted octanol–water partition coefficient (Wildman–Crippen LogP) is 2.64. The summed E-state index contributed by atoms with van der Waals surface area (Å²) in [5.41, 5.74) is -0.964. The molecule has 2 heterocycles. The maximum Gasteiger partial charge on any atom is 0.471 e. The maximum absolute atomic E-state index is 12.9. The number of nitrogens with zero attached hydrogens (tertiary/aromatic N) is 3. The van der Waals surface area contributed by atoms with Gasteiger partial charge in [0.1, 0.15) is 0 Å². The molecule has 152 valence electrons. The molecule has 4 rings (SSSR count). The van der Waals surface area contributed by atoms with Crippen LogP contribution in [-0.2, 0) is 4.79 Å². The third kappa shape index (κ3) is 3.59. The lowest BCUT2D eigenvalue weighted by Crippen LogP contribution is -2.39. The van der Waals surface area contributed by atoms with Crippen molar-refractivity contribution < 1.29 is 18.0 Å². The van der Waals surface area contributed by atoms with Crippen LogP contribution in [0.1, 0.15) is 38.1 Å². The van der Waals surface area contributed by atoms with E-state index in [1.807, 2.05) is 0 Å². The number of carbonyl (C=O) groups excluding carboxylic acids is 1. The molecule has 3 aromatic rings. The highest BCUT2D eigenvalue weighted by Gasteiger charge is 2.38. The number of anilines is 1. The smallest absolute Gasteiger partial charge is 0.318 e. The van der Waals surface area contributed by atoms with Gasteiger partial charge in [-0.25, -0.2) is 14.8 Å². The van der Waals surface area contributed by atoms with Gasteiger partial charge in [0.15, 0.2) is 11.2 Å². The Morgan fingerprint density at radius 3 is 2.52 bits per heavy atom. The lowest BCUT2D eigenvalue weighted by Gasteiger charge is -2.22. The summed E-state index contributed by atoms with van der Waals surface area (Å²) in [7, 11) is 0. The maximum atomic E-state index is 12.9. The van der Waals surface area contributed by atoms with Crippen LogP contribution in [0, 0.1) is 0 Å². The first-order valence-corrected chi connectivity index (χ1v) is 9.08. The summed E-state index contributed by atoms with van der Waals surface area (Å²) in [6.45, 7) is 0. The van der Waals surface area contributed by atoms with Crippen LogP contribution in [0.4, 0.5) is 18.9 Å². The van der Waals surface area contributed by atoms with Crippen molar-refractivity contribution in [2.24, 2.45) is 0 Å². The van der Waals surface area contributed by atoms with Crippen LogP contribution in [0.25, 0.3) is 22.2 Å². The molecule has 1 fully saturated rings. The Balaban J connectivity index is 1.79. The molecule has 1 aliphatic carbocycles. The molecule has 0 unspecified atom stereocenters. The summed E-state index contributed by atoms with van der Waals surface area (Å²) in [6, 6.07) is 3.58. The number of nitrogens with one attached hydrogen (secondary N) is 2. The average molecular weight is 407 g/mol. The topological polar surface area (TPSA) is 110 Å². The summed E-state index contributed by atoms with van der Waals surface area (Å²) in [6.07, 6.45) is -0.627. The zero-order chi connectivity index (χ0) is 20.8. The van der Waals surface area contributed by atoms with Crippen LogP contribution >= 0.6 is 0 Å². The second kappa shape index (κ2) is 6.98. The van der Waals surface area contributed by atoms with E-state index >= 15 is 0 Å². The Hall–Kier alpha value is -3.24. The third-order valence-electron chi connectivity index (χ3n) is 4.98. The fourth-order valence-electron chi connectivity index (χ4n) is 3.61. The molecule has 29 heavy (non-hydrogen) atoms. The van der Waals surface area contributed by atoms with Crippen LogP contribution in [0.3, 0.4) is 0 Å². The van der Waals surface area contributed by atoms with E-state index in [2.05, 4.69) is 15.0 Å². The average Bonchev–Trinajstić information content (AvgIpc) is 2.67. The second-order valence-corrected chi connectivity index (χ2v) is 6.97. The molecule has 2 N–H and O–H groups in total. The molecule has 2 aromatic heterocycles. The van der Waals surface area contributed by atoms with Crippen molar-refractivity contribution in [3.8, 4) is 0 Å². The first-order valence-electron chi connectivity index (χ1n) is 9.08. The largest absolute Gasteiger partial charge is 0.471 e. The molecule has 1 aliphatic rings. The van der Waals surface area contributed by atoms with E-state index in [1.165, 1.54) is 22.8 Å². The zero-order valence-corrected chi connectivity index (χ0v) is 15.0. The fourth-order valence-corrected chi connectivity index (χ4v) is 3.61. The van der Waals surface area contributed by atoms with Crippen LogP contribution < -0.4 is 16.6 Å². The zero-order valence-electron chi connectivity index (χ0n) is 15.0. The number of aromatic nitrogens is 4. The number of hydrogen-bond donors (Lipinski definition) is 2. The highest BCUT2D eigenvalue weighted by molar-refractivity contribution is 5.97. The van der Waals surface area contributed by atoms with Crippen LogP contribution in [0.15, 0.2) is 27.8 Å². The van der Waals surface area contributed by atoms with Crippen molar-refractivity contribution in [3.63, 3.8) is 0 Å². The number of hydrogen-bond acceptors (Lipinski definition) is 5. The van der Waals surface area contributed by atoms with Crippen molar-refractivity contribution >= 4 is 33.8 Å². The Kier molecular flexibility index (Phi) is 4.59. The summed E-state index contributed by atoms with van der Waals surface area (Å²) in [5, 5.41) is 1.73. The summed E-state index contributed by atoms with van der Waals surface area (Å²) in [4.78, 5) is 47.4. The Labute approximate surface area is 160 Å². The lowest BCUT2D eigenvalue weighted by atomic mass is 9.95. The first kappa shape index (κ1) is 19.1. The molecule has 1 aromatic carbocycles. The molecule has 0 saturated heterocycles. The van der Waals surface area contributed by atoms with Crippen LogP contribution in [0.5, 0.6) is 0 Å². The Morgan fingerprint density at radius 2 is 1.83 bits per heavy atom. The number of amides is 1. The number of fused-ring (bicyclic) bond motifs is 2. The Bertz CT molecular complexity index is 1230. The van der Waals surface area contributed by atoms with Gasteiger partial charge < -0.3 is 5.32 Å². The molecule has 0 radical (unpaired) electrons. The minimum absolute atomic E-state index is 0.0187. The van der Waals surface area contributed by atoms with Crippen LogP contribution in [-0.4, -0.2) is 31.6 Å². The number of aromatic amines is 1. The van der Waals surface area contributed by atoms with Gasteiger partial charge in [-0.15, -0.1) is 0 Å². The van der Waals surface area contributed by atoms with Gasteiger partial charge in [0.2, 0.25) is 0 Å². The van der Waals surface area contributed by atoms with Crippen molar-refractivity contribution in [3.05, 3.63) is 39.0 Å². The molecule has 0 bridgehead atoms. The number of carbonyl (C=O) groups is 1. The van der Waals surface area contributed by atoms with E-state index in [0.717, 1.165) is 32.1 Å². The first-order chi connectivity index (χ1) is 13.7. The summed E-state index contributed by atoms with van der Waals surface area (Å²) < 4.78 is 38.4. The molecular formula is C18H16F3N5O3. The summed E-state index contributed by atoms with van der Waals surface area (Å²) in [5.74, 6) is -2.12. The van der Waals surface area contributed by atoms with Gasteiger partial charge in [0.25, 0.3) is 5.56 Å². The fraction of sp³-hybridized carbons (Fsp3) is 0.389. The van der Waals surface area contributed by atoms with E-state index in [4.69, 9.17) is 0 Å². The van der Waals surface area contributed by atoms with Gasteiger partial charge in [0, 0.05) is 11.7 Å². The second-order valence-electron chi connectivity index (χ2n) is 6.97. The quantitative estimate of drug-likeness (QED) is 0.635. The molecule has 11 heteroatoms. The molecule has 1 saturated carbocycles. The standard InChI is InChI=1S/C18H16F3N5O3/c19-18(20,21)16(28)22-9-6-7-11-12(8-9)24-14-13(23-11)15(27)26(17(29)25-14)10-4-2-1-3-5-10/h6-8,10H,1-5H2,(H,22,28)(H,24,25,29). The molecular weight excluding hydrogens is 391 g/mol. The highest BCUT2D eigenvalue weighted by atomic mass is 19.4. The third-order valence-corrected chi connectivity index (χ3v) is 4.98. The van der Waals surface area contributed by atoms with Gasteiger partial charge in [-0.3, -0.25) is 19.1 Å². The van der Waals surface area contributed by atoms with Crippen LogP contribution in [0.2, 0.25) is 0 Å².